The Morgan fingerprint density at radius 1 is 0.957 bits per heavy atom. The van der Waals surface area contributed by atoms with Crippen LogP contribution >= 0.6 is 35.6 Å². The Balaban J connectivity index is 0.00000192. The quantitative estimate of drug-likeness (QED) is 0.629. The highest BCUT2D eigenvalue weighted by atomic mass is 35.5. The Morgan fingerprint density at radius 2 is 1.74 bits per heavy atom. The third-order valence-corrected chi connectivity index (χ3v) is 4.95. The summed E-state index contributed by atoms with van der Waals surface area (Å²) in [5.41, 5.74) is 0.969. The lowest BCUT2D eigenvalue weighted by molar-refractivity contribution is 0.225. The Kier molecular flexibility index (Phi) is 7.29. The molecule has 1 aliphatic heterocycles. The summed E-state index contributed by atoms with van der Waals surface area (Å²) in [6, 6.07) is 9.66. The van der Waals surface area contributed by atoms with Gasteiger partial charge in [0.1, 0.15) is 11.5 Å². The first-order valence-corrected chi connectivity index (χ1v) is 8.74. The number of furan rings is 1. The number of likely N-dealkylation sites (tertiary alicyclic amines) is 1. The van der Waals surface area contributed by atoms with E-state index in [4.69, 9.17) is 27.6 Å². The van der Waals surface area contributed by atoms with Crippen LogP contribution < -0.4 is 0 Å². The number of halogens is 3. The van der Waals surface area contributed by atoms with Crippen molar-refractivity contribution in [1.82, 2.24) is 4.90 Å². The second-order valence-corrected chi connectivity index (χ2v) is 6.72. The summed E-state index contributed by atoms with van der Waals surface area (Å²) in [5, 5.41) is 1.13. The van der Waals surface area contributed by atoms with Gasteiger partial charge in [0.05, 0.1) is 10.0 Å². The molecular weight excluding hydrogens is 353 g/mol. The maximum Gasteiger partial charge on any atom is 0.134 e. The van der Waals surface area contributed by atoms with Crippen molar-refractivity contribution in [3.05, 3.63) is 46.1 Å². The van der Waals surface area contributed by atoms with Gasteiger partial charge in [-0.2, -0.15) is 0 Å². The van der Waals surface area contributed by atoms with E-state index in [0.29, 0.717) is 10.0 Å². The molecule has 3 rings (SSSR count). The number of piperidine rings is 1. The molecule has 0 saturated carbocycles. The maximum absolute atomic E-state index is 6.06. The van der Waals surface area contributed by atoms with Crippen molar-refractivity contribution in [2.45, 2.75) is 32.1 Å². The zero-order chi connectivity index (χ0) is 15.4. The highest BCUT2D eigenvalue weighted by Crippen LogP contribution is 2.29. The fourth-order valence-electron chi connectivity index (χ4n) is 2.98. The van der Waals surface area contributed by atoms with Gasteiger partial charge in [-0.1, -0.05) is 29.6 Å². The lowest BCUT2D eigenvalue weighted by Crippen LogP contribution is -2.30. The molecule has 2 aromatic rings. The van der Waals surface area contributed by atoms with Crippen LogP contribution in [0.4, 0.5) is 0 Å². The highest BCUT2D eigenvalue weighted by Gasteiger charge is 2.11. The Hall–Kier alpha value is -0.670. The molecule has 1 fully saturated rings. The molecule has 0 spiro atoms. The first-order chi connectivity index (χ1) is 10.7. The number of nitrogens with zero attached hydrogens (tertiary/aromatic N) is 1. The number of benzene rings is 1. The van der Waals surface area contributed by atoms with Gasteiger partial charge in [-0.05, 0) is 69.2 Å². The number of rotatable bonds is 5. The van der Waals surface area contributed by atoms with Gasteiger partial charge in [0, 0.05) is 12.0 Å². The van der Waals surface area contributed by atoms with Crippen molar-refractivity contribution in [1.29, 1.82) is 0 Å². The first kappa shape index (κ1) is 18.7. The van der Waals surface area contributed by atoms with Gasteiger partial charge >= 0.3 is 0 Å². The zero-order valence-electron chi connectivity index (χ0n) is 13.1. The number of aryl methyl sites for hydroxylation is 1. The second kappa shape index (κ2) is 8.98. The van der Waals surface area contributed by atoms with Crippen LogP contribution in [0.2, 0.25) is 10.0 Å². The lowest BCUT2D eigenvalue weighted by atomic mass is 10.1. The fraction of sp³-hybridized carbons (Fsp3) is 0.444. The zero-order valence-corrected chi connectivity index (χ0v) is 15.4. The largest absolute Gasteiger partial charge is 0.461 e. The van der Waals surface area contributed by atoms with Gasteiger partial charge in [-0.3, -0.25) is 0 Å². The van der Waals surface area contributed by atoms with E-state index in [9.17, 15) is 0 Å². The molecule has 126 valence electrons. The van der Waals surface area contributed by atoms with E-state index in [1.54, 1.807) is 6.07 Å². The second-order valence-electron chi connectivity index (χ2n) is 5.90. The van der Waals surface area contributed by atoms with Gasteiger partial charge in [0.15, 0.2) is 0 Å². The van der Waals surface area contributed by atoms with Crippen molar-refractivity contribution in [3.8, 4) is 11.3 Å². The van der Waals surface area contributed by atoms with Crippen LogP contribution in [-0.2, 0) is 6.42 Å². The van der Waals surface area contributed by atoms with E-state index in [-0.39, 0.29) is 12.4 Å². The molecule has 0 radical (unpaired) electrons. The minimum absolute atomic E-state index is 0. The summed E-state index contributed by atoms with van der Waals surface area (Å²) in [5.74, 6) is 1.89. The van der Waals surface area contributed by atoms with Gasteiger partial charge in [0.25, 0.3) is 0 Å². The minimum atomic E-state index is 0. The first-order valence-electron chi connectivity index (χ1n) is 7.99. The lowest BCUT2D eigenvalue weighted by Gasteiger charge is -2.26. The van der Waals surface area contributed by atoms with Crippen LogP contribution in [0.15, 0.2) is 34.7 Å². The standard InChI is InChI=1S/C18H21Cl2NO.ClH/c19-16-8-6-14(13-17(16)20)18-9-7-15(22-18)5-4-12-21-10-2-1-3-11-21;/h6-9,13H,1-5,10-12H2;1H. The summed E-state index contributed by atoms with van der Waals surface area (Å²) in [6.07, 6.45) is 6.22. The summed E-state index contributed by atoms with van der Waals surface area (Å²) in [4.78, 5) is 2.56. The van der Waals surface area contributed by atoms with Gasteiger partial charge in [0.2, 0.25) is 0 Å². The van der Waals surface area contributed by atoms with Gasteiger partial charge < -0.3 is 9.32 Å². The maximum atomic E-state index is 6.06. The Labute approximate surface area is 154 Å². The number of hydrogen-bond donors (Lipinski definition) is 0. The molecule has 0 bridgehead atoms. The van der Waals surface area contributed by atoms with E-state index in [1.807, 2.05) is 18.2 Å². The highest BCUT2D eigenvalue weighted by molar-refractivity contribution is 6.42. The molecule has 0 amide bonds. The molecule has 2 heterocycles. The molecule has 1 aromatic heterocycles. The average molecular weight is 375 g/mol. The average Bonchev–Trinajstić information content (AvgIpc) is 3.00. The van der Waals surface area contributed by atoms with Crippen molar-refractivity contribution in [2.24, 2.45) is 0 Å². The fourth-order valence-corrected chi connectivity index (χ4v) is 3.27. The molecule has 0 N–H and O–H groups in total. The molecule has 0 aliphatic carbocycles. The smallest absolute Gasteiger partial charge is 0.134 e. The molecule has 2 nitrogen and oxygen atoms in total. The molecule has 1 aromatic carbocycles. The molecule has 1 aliphatic rings. The van der Waals surface area contributed by atoms with Crippen LogP contribution in [0, 0.1) is 0 Å². The normalized spacial score (nSPS) is 15.4. The molecule has 0 atom stereocenters. The van der Waals surface area contributed by atoms with Crippen molar-refractivity contribution >= 4 is 35.6 Å². The van der Waals surface area contributed by atoms with Crippen LogP contribution in [0.1, 0.15) is 31.4 Å². The summed E-state index contributed by atoms with van der Waals surface area (Å²) < 4.78 is 5.93. The van der Waals surface area contributed by atoms with Crippen LogP contribution in [0.5, 0.6) is 0 Å². The van der Waals surface area contributed by atoms with E-state index in [0.717, 1.165) is 29.9 Å². The third kappa shape index (κ3) is 5.15. The predicted octanol–water partition coefficient (Wildman–Crippen LogP) is 6.09. The van der Waals surface area contributed by atoms with Gasteiger partial charge in [-0.25, -0.2) is 0 Å². The molecule has 1 saturated heterocycles. The minimum Gasteiger partial charge on any atom is -0.461 e. The third-order valence-electron chi connectivity index (χ3n) is 4.21. The SMILES string of the molecule is Cl.Clc1ccc(-c2ccc(CCCN3CCCCC3)o2)cc1Cl. The number of hydrogen-bond acceptors (Lipinski definition) is 2. The Bertz CT molecular complexity index is 620. The van der Waals surface area contributed by atoms with Crippen LogP contribution in [0.25, 0.3) is 11.3 Å². The van der Waals surface area contributed by atoms with Crippen molar-refractivity contribution < 1.29 is 4.42 Å². The molecule has 0 unspecified atom stereocenters. The van der Waals surface area contributed by atoms with Crippen LogP contribution in [-0.4, -0.2) is 24.5 Å². The molecule has 23 heavy (non-hydrogen) atoms. The summed E-state index contributed by atoms with van der Waals surface area (Å²) >= 11 is 12.0. The molecular formula is C18H22Cl3NO. The summed E-state index contributed by atoms with van der Waals surface area (Å²) in [6.45, 7) is 3.68. The Morgan fingerprint density at radius 3 is 2.48 bits per heavy atom. The van der Waals surface area contributed by atoms with Gasteiger partial charge in [-0.15, -0.1) is 12.4 Å². The van der Waals surface area contributed by atoms with Crippen molar-refractivity contribution in [3.63, 3.8) is 0 Å². The predicted molar refractivity (Wildman–Crippen MR) is 100 cm³/mol. The van der Waals surface area contributed by atoms with Crippen molar-refractivity contribution in [2.75, 3.05) is 19.6 Å². The molecule has 5 heteroatoms. The van der Waals surface area contributed by atoms with E-state index < -0.39 is 0 Å². The topological polar surface area (TPSA) is 16.4 Å². The van der Waals surface area contributed by atoms with E-state index >= 15 is 0 Å². The summed E-state index contributed by atoms with van der Waals surface area (Å²) in [7, 11) is 0. The monoisotopic (exact) mass is 373 g/mol. The van der Waals surface area contributed by atoms with Crippen LogP contribution in [0.3, 0.4) is 0 Å². The van der Waals surface area contributed by atoms with E-state index in [2.05, 4.69) is 11.0 Å². The van der Waals surface area contributed by atoms with E-state index in [1.165, 1.54) is 38.9 Å².